The molecule has 3 nitrogen and oxygen atoms in total. The maximum absolute atomic E-state index is 3.67. The topological polar surface area (TPSA) is 18.5 Å². The van der Waals surface area contributed by atoms with Gasteiger partial charge >= 0.3 is 0 Å². The highest BCUT2D eigenvalue weighted by Gasteiger charge is 2.21. The summed E-state index contributed by atoms with van der Waals surface area (Å²) in [5.74, 6) is 0.792. The number of nitrogens with zero attached hydrogens (tertiary/aromatic N) is 2. The second-order valence-electron chi connectivity index (χ2n) is 6.68. The van der Waals surface area contributed by atoms with E-state index in [0.29, 0.717) is 12.1 Å². The summed E-state index contributed by atoms with van der Waals surface area (Å²) in [5, 5.41) is 3.67. The summed E-state index contributed by atoms with van der Waals surface area (Å²) in [5.41, 5.74) is 0. The molecule has 114 valence electrons. The molecule has 2 unspecified atom stereocenters. The molecule has 0 aromatic heterocycles. The van der Waals surface area contributed by atoms with Gasteiger partial charge in [0.1, 0.15) is 0 Å². The van der Waals surface area contributed by atoms with E-state index < -0.39 is 0 Å². The van der Waals surface area contributed by atoms with Crippen molar-refractivity contribution in [2.45, 2.75) is 59.5 Å². The fraction of sp³-hybridized carbons (Fsp3) is 1.00. The van der Waals surface area contributed by atoms with Crippen LogP contribution in [-0.2, 0) is 0 Å². The minimum Gasteiger partial charge on any atom is -0.313 e. The normalized spacial score (nSPS) is 21.8. The van der Waals surface area contributed by atoms with E-state index in [4.69, 9.17) is 0 Å². The Labute approximate surface area is 120 Å². The third-order valence-corrected chi connectivity index (χ3v) is 4.14. The van der Waals surface area contributed by atoms with Gasteiger partial charge < -0.3 is 10.2 Å². The van der Waals surface area contributed by atoms with Crippen LogP contribution in [0.15, 0.2) is 0 Å². The molecule has 1 rings (SSSR count). The lowest BCUT2D eigenvalue weighted by atomic mass is 10.1. The van der Waals surface area contributed by atoms with Crippen LogP contribution in [0.3, 0.4) is 0 Å². The molecule has 0 spiro atoms. The second-order valence-corrected chi connectivity index (χ2v) is 6.68. The Morgan fingerprint density at radius 3 is 2.16 bits per heavy atom. The fourth-order valence-electron chi connectivity index (χ4n) is 2.94. The van der Waals surface area contributed by atoms with Gasteiger partial charge in [0.05, 0.1) is 0 Å². The maximum atomic E-state index is 3.67. The van der Waals surface area contributed by atoms with Crippen molar-refractivity contribution in [3.05, 3.63) is 0 Å². The third-order valence-electron chi connectivity index (χ3n) is 4.14. The molecule has 1 heterocycles. The van der Waals surface area contributed by atoms with Gasteiger partial charge in [-0.25, -0.2) is 0 Å². The molecular formula is C16H35N3. The molecule has 0 aromatic carbocycles. The van der Waals surface area contributed by atoms with Gasteiger partial charge in [-0.2, -0.15) is 0 Å². The number of piperazine rings is 1. The molecule has 0 amide bonds. The largest absolute Gasteiger partial charge is 0.313 e. The van der Waals surface area contributed by atoms with Crippen molar-refractivity contribution in [2.24, 2.45) is 5.92 Å². The molecule has 0 radical (unpaired) electrons. The molecule has 0 bridgehead atoms. The van der Waals surface area contributed by atoms with Gasteiger partial charge in [0.2, 0.25) is 0 Å². The first-order chi connectivity index (χ1) is 9.02. The third kappa shape index (κ3) is 6.73. The van der Waals surface area contributed by atoms with Crippen molar-refractivity contribution in [2.75, 3.05) is 39.3 Å². The molecule has 1 aliphatic rings. The number of nitrogens with one attached hydrogen (secondary N) is 1. The zero-order chi connectivity index (χ0) is 14.3. The average Bonchev–Trinajstić information content (AvgIpc) is 2.36. The van der Waals surface area contributed by atoms with Gasteiger partial charge in [0.15, 0.2) is 0 Å². The van der Waals surface area contributed by atoms with Gasteiger partial charge in [-0.05, 0) is 26.2 Å². The Bertz CT molecular complexity index is 222. The van der Waals surface area contributed by atoms with Gasteiger partial charge in [0.25, 0.3) is 0 Å². The van der Waals surface area contributed by atoms with Crippen molar-refractivity contribution in [1.29, 1.82) is 0 Å². The first kappa shape index (κ1) is 16.9. The van der Waals surface area contributed by atoms with Gasteiger partial charge in [-0.15, -0.1) is 0 Å². The lowest BCUT2D eigenvalue weighted by molar-refractivity contribution is 0.0932. The Morgan fingerprint density at radius 2 is 1.63 bits per heavy atom. The zero-order valence-corrected chi connectivity index (χ0v) is 13.8. The van der Waals surface area contributed by atoms with Gasteiger partial charge in [0, 0.05) is 51.4 Å². The molecule has 0 saturated carbocycles. The minimum absolute atomic E-state index is 0.662. The molecule has 0 aliphatic carbocycles. The van der Waals surface area contributed by atoms with Crippen LogP contribution in [0.25, 0.3) is 0 Å². The summed E-state index contributed by atoms with van der Waals surface area (Å²) in [6.45, 7) is 18.9. The molecule has 2 atom stereocenters. The first-order valence-corrected chi connectivity index (χ1v) is 8.22. The SMILES string of the molecule is CCCC(C)NCC(C)N1CCN(CC(C)C)CC1. The minimum atomic E-state index is 0.662. The number of hydrogen-bond acceptors (Lipinski definition) is 3. The van der Waals surface area contributed by atoms with Crippen LogP contribution in [-0.4, -0.2) is 61.2 Å². The standard InChI is InChI=1S/C16H35N3/c1-6-7-15(4)17-12-16(5)19-10-8-18(9-11-19)13-14(2)3/h14-17H,6-13H2,1-5H3. The molecule has 3 heteroatoms. The molecule has 1 fully saturated rings. The predicted octanol–water partition coefficient (Wildman–Crippen LogP) is 2.43. The molecular weight excluding hydrogens is 234 g/mol. The van der Waals surface area contributed by atoms with Crippen molar-refractivity contribution < 1.29 is 0 Å². The van der Waals surface area contributed by atoms with Crippen LogP contribution in [0.2, 0.25) is 0 Å². The average molecular weight is 269 g/mol. The highest BCUT2D eigenvalue weighted by molar-refractivity contribution is 4.78. The van der Waals surface area contributed by atoms with Crippen LogP contribution in [0, 0.1) is 5.92 Å². The highest BCUT2D eigenvalue weighted by atomic mass is 15.3. The van der Waals surface area contributed by atoms with Crippen molar-refractivity contribution in [1.82, 2.24) is 15.1 Å². The van der Waals surface area contributed by atoms with Crippen LogP contribution < -0.4 is 5.32 Å². The van der Waals surface area contributed by atoms with E-state index in [0.717, 1.165) is 12.5 Å². The van der Waals surface area contributed by atoms with E-state index in [2.05, 4.69) is 49.7 Å². The van der Waals surface area contributed by atoms with E-state index in [1.807, 2.05) is 0 Å². The predicted molar refractivity (Wildman–Crippen MR) is 84.7 cm³/mol. The lowest BCUT2D eigenvalue weighted by Gasteiger charge is -2.39. The van der Waals surface area contributed by atoms with Crippen LogP contribution in [0.1, 0.15) is 47.5 Å². The smallest absolute Gasteiger partial charge is 0.0193 e. The Balaban J connectivity index is 2.19. The van der Waals surface area contributed by atoms with E-state index >= 15 is 0 Å². The second kappa shape index (κ2) is 8.93. The molecule has 1 aliphatic heterocycles. The molecule has 0 aromatic rings. The molecule has 19 heavy (non-hydrogen) atoms. The quantitative estimate of drug-likeness (QED) is 0.730. The molecule has 1 N–H and O–H groups in total. The summed E-state index contributed by atoms with van der Waals surface area (Å²) >= 11 is 0. The number of hydrogen-bond donors (Lipinski definition) is 1. The summed E-state index contributed by atoms with van der Waals surface area (Å²) < 4.78 is 0. The molecule has 1 saturated heterocycles. The number of rotatable bonds is 8. The van der Waals surface area contributed by atoms with Gasteiger partial charge in [-0.1, -0.05) is 27.2 Å². The first-order valence-electron chi connectivity index (χ1n) is 8.22. The fourth-order valence-corrected chi connectivity index (χ4v) is 2.94. The summed E-state index contributed by atoms with van der Waals surface area (Å²) in [4.78, 5) is 5.25. The van der Waals surface area contributed by atoms with Crippen molar-refractivity contribution in [3.8, 4) is 0 Å². The van der Waals surface area contributed by atoms with Crippen LogP contribution >= 0.6 is 0 Å². The Morgan fingerprint density at radius 1 is 1.00 bits per heavy atom. The Kier molecular flexibility index (Phi) is 7.96. The van der Waals surface area contributed by atoms with Crippen LogP contribution in [0.5, 0.6) is 0 Å². The van der Waals surface area contributed by atoms with E-state index in [1.54, 1.807) is 0 Å². The van der Waals surface area contributed by atoms with Crippen LogP contribution in [0.4, 0.5) is 0 Å². The zero-order valence-electron chi connectivity index (χ0n) is 13.8. The highest BCUT2D eigenvalue weighted by Crippen LogP contribution is 2.08. The lowest BCUT2D eigenvalue weighted by Crippen LogP contribution is -2.52. The van der Waals surface area contributed by atoms with E-state index in [1.165, 1.54) is 45.6 Å². The van der Waals surface area contributed by atoms with E-state index in [-0.39, 0.29) is 0 Å². The van der Waals surface area contributed by atoms with Crippen molar-refractivity contribution >= 4 is 0 Å². The monoisotopic (exact) mass is 269 g/mol. The summed E-state index contributed by atoms with van der Waals surface area (Å²) in [7, 11) is 0. The maximum Gasteiger partial charge on any atom is 0.0193 e. The van der Waals surface area contributed by atoms with Gasteiger partial charge in [-0.3, -0.25) is 4.90 Å². The van der Waals surface area contributed by atoms with Crippen molar-refractivity contribution in [3.63, 3.8) is 0 Å². The van der Waals surface area contributed by atoms with E-state index in [9.17, 15) is 0 Å². The Hall–Kier alpha value is -0.120. The summed E-state index contributed by atoms with van der Waals surface area (Å²) in [6.07, 6.45) is 2.56. The summed E-state index contributed by atoms with van der Waals surface area (Å²) in [6, 6.07) is 1.33.